The Hall–Kier alpha value is -3.63. The minimum atomic E-state index is -1.14. The smallest absolute Gasteiger partial charge is 0.239 e. The molecule has 3 N–H and O–H groups in total. The summed E-state index contributed by atoms with van der Waals surface area (Å²) in [4.78, 5) is 25.2. The number of hydrogen-bond donors (Lipinski definition) is 3. The molecule has 5 rings (SSSR count). The number of amides is 1. The molecule has 0 aliphatic carbocycles. The first kappa shape index (κ1) is 23.1. The number of carbonyl (C=O) groups excluding carboxylic acids is 1. The van der Waals surface area contributed by atoms with Crippen LogP contribution in [0.3, 0.4) is 0 Å². The van der Waals surface area contributed by atoms with Gasteiger partial charge in [0.1, 0.15) is 12.4 Å². The molecule has 2 fully saturated rings. The first-order valence-electron chi connectivity index (χ1n) is 11.8. The normalized spacial score (nSPS) is 21.2. The van der Waals surface area contributed by atoms with Gasteiger partial charge in [-0.2, -0.15) is 0 Å². The van der Waals surface area contributed by atoms with Crippen LogP contribution >= 0.6 is 0 Å². The molecular formula is C25H30N6O4. The molecule has 10 heteroatoms. The van der Waals surface area contributed by atoms with E-state index in [1.165, 1.54) is 0 Å². The Labute approximate surface area is 204 Å². The van der Waals surface area contributed by atoms with E-state index < -0.39 is 6.23 Å². The van der Waals surface area contributed by atoms with Gasteiger partial charge in [0.25, 0.3) is 0 Å². The SMILES string of the molecule is COc1cccc(C2CC(=O)N(C3=CN=C(C(O)Nc4cnccc4N4CCNCC4)OC3)C2)c1. The van der Waals surface area contributed by atoms with Crippen molar-refractivity contribution in [1.29, 1.82) is 0 Å². The van der Waals surface area contributed by atoms with E-state index >= 15 is 0 Å². The van der Waals surface area contributed by atoms with E-state index in [2.05, 4.69) is 25.5 Å². The summed E-state index contributed by atoms with van der Waals surface area (Å²) in [6.45, 7) is 4.27. The summed E-state index contributed by atoms with van der Waals surface area (Å²) >= 11 is 0. The molecule has 2 atom stereocenters. The summed E-state index contributed by atoms with van der Waals surface area (Å²) in [5.74, 6) is 1.03. The van der Waals surface area contributed by atoms with Crippen molar-refractivity contribution in [3.05, 3.63) is 60.2 Å². The van der Waals surface area contributed by atoms with Crippen LogP contribution in [-0.4, -0.2) is 79.5 Å². The largest absolute Gasteiger partial charge is 0.497 e. The van der Waals surface area contributed by atoms with Crippen molar-refractivity contribution in [2.75, 3.05) is 56.7 Å². The summed E-state index contributed by atoms with van der Waals surface area (Å²) in [6, 6.07) is 9.74. The van der Waals surface area contributed by atoms with Crippen LogP contribution in [0.5, 0.6) is 5.75 Å². The second-order valence-corrected chi connectivity index (χ2v) is 8.74. The van der Waals surface area contributed by atoms with Crippen molar-refractivity contribution in [1.82, 2.24) is 15.2 Å². The number of aliphatic hydroxyl groups excluding tert-OH is 1. The zero-order valence-corrected chi connectivity index (χ0v) is 19.7. The number of aromatic nitrogens is 1. The van der Waals surface area contributed by atoms with E-state index in [4.69, 9.17) is 9.47 Å². The second-order valence-electron chi connectivity index (χ2n) is 8.74. The van der Waals surface area contributed by atoms with Crippen LogP contribution in [0, 0.1) is 0 Å². The number of pyridine rings is 1. The molecule has 2 unspecified atom stereocenters. The number of ether oxygens (including phenoxy) is 2. The number of nitrogens with zero attached hydrogens (tertiary/aromatic N) is 4. The maximum absolute atomic E-state index is 12.7. The molecule has 1 aromatic heterocycles. The van der Waals surface area contributed by atoms with Gasteiger partial charge in [-0.3, -0.25) is 9.78 Å². The lowest BCUT2D eigenvalue weighted by molar-refractivity contribution is -0.126. The third-order valence-corrected chi connectivity index (χ3v) is 6.53. The lowest BCUT2D eigenvalue weighted by atomic mass is 9.98. The highest BCUT2D eigenvalue weighted by Crippen LogP contribution is 2.33. The number of carbonyl (C=O) groups is 1. The van der Waals surface area contributed by atoms with Gasteiger partial charge in [0, 0.05) is 51.3 Å². The van der Waals surface area contributed by atoms with E-state index in [-0.39, 0.29) is 24.3 Å². The highest BCUT2D eigenvalue weighted by molar-refractivity contribution is 5.86. The number of benzene rings is 1. The fourth-order valence-corrected chi connectivity index (χ4v) is 4.65. The molecule has 10 nitrogen and oxygen atoms in total. The summed E-state index contributed by atoms with van der Waals surface area (Å²) in [5.41, 5.74) is 3.43. The first-order valence-corrected chi connectivity index (χ1v) is 11.8. The maximum atomic E-state index is 12.7. The predicted molar refractivity (Wildman–Crippen MR) is 132 cm³/mol. The average Bonchev–Trinajstić information content (AvgIpc) is 3.31. The Morgan fingerprint density at radius 2 is 2.14 bits per heavy atom. The summed E-state index contributed by atoms with van der Waals surface area (Å²) in [6.07, 6.45) is 4.31. The Morgan fingerprint density at radius 3 is 2.91 bits per heavy atom. The van der Waals surface area contributed by atoms with E-state index in [9.17, 15) is 9.90 Å². The molecule has 0 bridgehead atoms. The standard InChI is InChI=1S/C25H30N6O4/c1-34-20-4-2-3-17(11-20)18-12-23(32)31(15-18)19-13-28-25(35-16-19)24(33)29-21-14-27-6-5-22(21)30-9-7-26-8-10-30/h2-6,11,13-14,18,24,26,29,33H,7-10,12,15-16H2,1H3. The molecule has 4 heterocycles. The van der Waals surface area contributed by atoms with Crippen molar-refractivity contribution in [2.24, 2.45) is 4.99 Å². The molecule has 1 amide bonds. The van der Waals surface area contributed by atoms with Gasteiger partial charge in [0.2, 0.25) is 18.0 Å². The quantitative estimate of drug-likeness (QED) is 0.514. The van der Waals surface area contributed by atoms with Crippen molar-refractivity contribution >= 4 is 23.2 Å². The minimum Gasteiger partial charge on any atom is -0.497 e. The number of hydrogen-bond acceptors (Lipinski definition) is 9. The van der Waals surface area contributed by atoms with Gasteiger partial charge in [-0.05, 0) is 23.8 Å². The predicted octanol–water partition coefficient (Wildman–Crippen LogP) is 1.52. The number of aliphatic hydroxyl groups is 1. The monoisotopic (exact) mass is 478 g/mol. The fraction of sp³-hybridized carbons (Fsp3) is 0.400. The number of aliphatic imine (C=N–C) groups is 1. The van der Waals surface area contributed by atoms with Gasteiger partial charge >= 0.3 is 0 Å². The molecule has 1 aromatic carbocycles. The summed E-state index contributed by atoms with van der Waals surface area (Å²) in [7, 11) is 1.63. The van der Waals surface area contributed by atoms with Crippen LogP contribution in [0.1, 0.15) is 17.9 Å². The zero-order chi connectivity index (χ0) is 24.2. The van der Waals surface area contributed by atoms with E-state index in [1.807, 2.05) is 30.3 Å². The van der Waals surface area contributed by atoms with Gasteiger partial charge in [-0.15, -0.1) is 0 Å². The molecule has 2 aromatic rings. The number of likely N-dealkylation sites (tertiary alicyclic amines) is 1. The highest BCUT2D eigenvalue weighted by atomic mass is 16.5. The van der Waals surface area contributed by atoms with Crippen molar-refractivity contribution < 1.29 is 19.4 Å². The van der Waals surface area contributed by atoms with E-state index in [0.29, 0.717) is 24.4 Å². The molecule has 184 valence electrons. The van der Waals surface area contributed by atoms with Crippen LogP contribution in [-0.2, 0) is 9.53 Å². The van der Waals surface area contributed by atoms with Crippen LogP contribution in [0.25, 0.3) is 0 Å². The number of piperazine rings is 1. The summed E-state index contributed by atoms with van der Waals surface area (Å²) in [5, 5.41) is 17.1. The third-order valence-electron chi connectivity index (χ3n) is 6.53. The molecular weight excluding hydrogens is 448 g/mol. The molecule has 0 saturated carbocycles. The lowest BCUT2D eigenvalue weighted by Crippen LogP contribution is -2.44. The Balaban J connectivity index is 1.25. The zero-order valence-electron chi connectivity index (χ0n) is 19.7. The number of methoxy groups -OCH3 is 1. The molecule has 35 heavy (non-hydrogen) atoms. The van der Waals surface area contributed by atoms with Crippen LogP contribution in [0.4, 0.5) is 11.4 Å². The van der Waals surface area contributed by atoms with Crippen LogP contribution < -0.4 is 20.3 Å². The fourth-order valence-electron chi connectivity index (χ4n) is 4.65. The minimum absolute atomic E-state index is 0.0287. The van der Waals surface area contributed by atoms with Gasteiger partial charge in [0.15, 0.2) is 0 Å². The molecule has 0 spiro atoms. The third kappa shape index (κ3) is 5.08. The number of rotatable bonds is 7. The Morgan fingerprint density at radius 1 is 1.29 bits per heavy atom. The summed E-state index contributed by atoms with van der Waals surface area (Å²) < 4.78 is 11.1. The van der Waals surface area contributed by atoms with Gasteiger partial charge < -0.3 is 35.0 Å². The van der Waals surface area contributed by atoms with Crippen molar-refractivity contribution in [2.45, 2.75) is 18.6 Å². The molecule has 3 aliphatic heterocycles. The van der Waals surface area contributed by atoms with Gasteiger partial charge in [-0.1, -0.05) is 12.1 Å². The van der Waals surface area contributed by atoms with E-state index in [1.54, 1.807) is 30.6 Å². The van der Waals surface area contributed by atoms with E-state index in [0.717, 1.165) is 43.2 Å². The highest BCUT2D eigenvalue weighted by Gasteiger charge is 2.34. The lowest BCUT2D eigenvalue weighted by Gasteiger charge is -2.31. The first-order chi connectivity index (χ1) is 17.1. The number of nitrogens with one attached hydrogen (secondary N) is 2. The van der Waals surface area contributed by atoms with Gasteiger partial charge in [-0.25, -0.2) is 4.99 Å². The van der Waals surface area contributed by atoms with Gasteiger partial charge in [0.05, 0.1) is 36.6 Å². The maximum Gasteiger partial charge on any atom is 0.239 e. The van der Waals surface area contributed by atoms with Crippen LogP contribution in [0.15, 0.2) is 59.6 Å². The second kappa shape index (κ2) is 10.3. The topological polar surface area (TPSA) is 112 Å². The van der Waals surface area contributed by atoms with Crippen molar-refractivity contribution in [3.63, 3.8) is 0 Å². The molecule has 3 aliphatic rings. The Bertz CT molecular complexity index is 1130. The average molecular weight is 479 g/mol. The van der Waals surface area contributed by atoms with Crippen LogP contribution in [0.2, 0.25) is 0 Å². The molecule has 0 radical (unpaired) electrons. The molecule has 2 saturated heterocycles. The Kier molecular flexibility index (Phi) is 6.82. The number of anilines is 2. The van der Waals surface area contributed by atoms with Crippen molar-refractivity contribution in [3.8, 4) is 5.75 Å².